The topological polar surface area (TPSA) is 210 Å². The maximum Gasteiger partial charge on any atom is 0.472 e. The summed E-state index contributed by atoms with van der Waals surface area (Å²) >= 11 is 0. The van der Waals surface area contributed by atoms with Crippen LogP contribution in [0.5, 0.6) is 0 Å². The molecule has 1 rings (SSSR count). The Morgan fingerprint density at radius 3 is 1.32 bits per heavy atom. The fourth-order valence-corrected chi connectivity index (χ4v) is 6.53. The molecule has 0 amide bonds. The SMILES string of the molecule is CC/C=C/C/C=C/C/C=C/C/C=C/CCCCC(=O)OC[C@H](COP(=O)(O)OC1C(O)C(O)C(O)[C@@H](O)C1O)OC(=O)CCCC/C=C/C/C=C/C/C=C/C/C=C/CC. The normalized spacial score (nSPS) is 23.3. The van der Waals surface area contributed by atoms with Crippen LogP contribution in [0.2, 0.25) is 0 Å². The first kappa shape index (κ1) is 53.8. The van der Waals surface area contributed by atoms with Crippen LogP contribution in [0.25, 0.3) is 0 Å². The van der Waals surface area contributed by atoms with E-state index in [1.54, 1.807) is 0 Å². The molecule has 0 bridgehead atoms. The molecule has 8 atom stereocenters. The van der Waals surface area contributed by atoms with Gasteiger partial charge in [0, 0.05) is 12.8 Å². The fraction of sp³-hybridized carbons (Fsp3) is 0.600. The molecule has 0 aliphatic heterocycles. The van der Waals surface area contributed by atoms with Gasteiger partial charge in [0.15, 0.2) is 6.10 Å². The van der Waals surface area contributed by atoms with E-state index in [0.717, 1.165) is 70.6 Å². The van der Waals surface area contributed by atoms with Crippen LogP contribution >= 0.6 is 7.82 Å². The summed E-state index contributed by atoms with van der Waals surface area (Å²) < 4.78 is 33.3. The van der Waals surface area contributed by atoms with Gasteiger partial charge in [-0.05, 0) is 89.9 Å². The molecule has 334 valence electrons. The molecule has 0 aromatic heterocycles. The molecule has 13 nitrogen and oxygen atoms in total. The van der Waals surface area contributed by atoms with E-state index in [2.05, 4.69) is 105 Å². The number of allylic oxidation sites excluding steroid dienone is 16. The van der Waals surface area contributed by atoms with Crippen molar-refractivity contribution in [2.24, 2.45) is 0 Å². The molecule has 0 spiro atoms. The Labute approximate surface area is 351 Å². The van der Waals surface area contributed by atoms with Crippen LogP contribution in [0.15, 0.2) is 97.2 Å². The second kappa shape index (κ2) is 34.5. The number of hydrogen-bond acceptors (Lipinski definition) is 12. The van der Waals surface area contributed by atoms with Crippen molar-refractivity contribution in [3.05, 3.63) is 97.2 Å². The minimum absolute atomic E-state index is 0.0289. The highest BCUT2D eigenvalue weighted by Crippen LogP contribution is 2.47. The molecule has 0 saturated heterocycles. The minimum atomic E-state index is -5.14. The quantitative estimate of drug-likeness (QED) is 0.0168. The van der Waals surface area contributed by atoms with Gasteiger partial charge in [0.05, 0.1) is 6.61 Å². The third-order valence-corrected chi connectivity index (χ3v) is 9.91. The molecule has 59 heavy (non-hydrogen) atoms. The van der Waals surface area contributed by atoms with Crippen LogP contribution in [0.4, 0.5) is 0 Å². The summed E-state index contributed by atoms with van der Waals surface area (Å²) in [6.07, 6.45) is 31.9. The van der Waals surface area contributed by atoms with Gasteiger partial charge in [-0.15, -0.1) is 0 Å². The van der Waals surface area contributed by atoms with Gasteiger partial charge >= 0.3 is 19.8 Å². The molecular weight excluding hydrogens is 779 g/mol. The van der Waals surface area contributed by atoms with Crippen LogP contribution in [0.3, 0.4) is 0 Å². The highest BCUT2D eigenvalue weighted by atomic mass is 31.2. The van der Waals surface area contributed by atoms with Gasteiger partial charge in [0.1, 0.15) is 43.2 Å². The van der Waals surface area contributed by atoms with Crippen molar-refractivity contribution in [3.8, 4) is 0 Å². The average Bonchev–Trinajstić information content (AvgIpc) is 3.21. The number of ether oxygens (including phenoxy) is 2. The third-order valence-electron chi connectivity index (χ3n) is 8.92. The van der Waals surface area contributed by atoms with Crippen molar-refractivity contribution < 1.29 is 63.1 Å². The smallest absolute Gasteiger partial charge is 0.462 e. The largest absolute Gasteiger partial charge is 0.472 e. The number of phosphoric ester groups is 1. The average molecular weight is 851 g/mol. The zero-order valence-corrected chi connectivity index (χ0v) is 35.9. The molecule has 1 aliphatic carbocycles. The van der Waals surface area contributed by atoms with Crippen molar-refractivity contribution >= 4 is 19.8 Å². The summed E-state index contributed by atoms with van der Waals surface area (Å²) in [4.78, 5) is 35.6. The van der Waals surface area contributed by atoms with Crippen molar-refractivity contribution in [1.82, 2.24) is 0 Å². The fourth-order valence-electron chi connectivity index (χ4n) is 5.56. The molecule has 1 aliphatic rings. The zero-order valence-electron chi connectivity index (χ0n) is 35.0. The second-order valence-electron chi connectivity index (χ2n) is 14.1. The lowest BCUT2D eigenvalue weighted by atomic mass is 9.85. The third kappa shape index (κ3) is 27.3. The second-order valence-corrected chi connectivity index (χ2v) is 15.5. The highest BCUT2D eigenvalue weighted by Gasteiger charge is 2.51. The predicted octanol–water partition coefficient (Wildman–Crippen LogP) is 7.49. The van der Waals surface area contributed by atoms with Gasteiger partial charge < -0.3 is 39.9 Å². The van der Waals surface area contributed by atoms with Crippen molar-refractivity contribution in [2.45, 2.75) is 159 Å². The summed E-state index contributed by atoms with van der Waals surface area (Å²) in [6.45, 7) is 2.96. The van der Waals surface area contributed by atoms with Crippen LogP contribution < -0.4 is 0 Å². The zero-order chi connectivity index (χ0) is 43.6. The molecule has 6 unspecified atom stereocenters. The Balaban J connectivity index is 2.58. The number of rotatable bonds is 32. The van der Waals surface area contributed by atoms with E-state index in [9.17, 15) is 44.6 Å². The van der Waals surface area contributed by atoms with Crippen LogP contribution in [0.1, 0.15) is 117 Å². The van der Waals surface area contributed by atoms with Crippen molar-refractivity contribution in [1.29, 1.82) is 0 Å². The van der Waals surface area contributed by atoms with E-state index in [1.165, 1.54) is 0 Å². The number of aliphatic hydroxyl groups excluding tert-OH is 5. The van der Waals surface area contributed by atoms with E-state index in [0.29, 0.717) is 19.3 Å². The maximum atomic E-state index is 12.8. The van der Waals surface area contributed by atoms with E-state index in [-0.39, 0.29) is 12.8 Å². The number of aliphatic hydroxyl groups is 5. The van der Waals surface area contributed by atoms with Crippen LogP contribution in [-0.4, -0.2) is 98.3 Å². The van der Waals surface area contributed by atoms with Gasteiger partial charge in [-0.1, -0.05) is 111 Å². The summed E-state index contributed by atoms with van der Waals surface area (Å²) in [5.41, 5.74) is 0. The summed E-state index contributed by atoms with van der Waals surface area (Å²) in [5.74, 6) is -1.21. The van der Waals surface area contributed by atoms with Gasteiger partial charge in [0.2, 0.25) is 0 Å². The lowest BCUT2D eigenvalue weighted by molar-refractivity contribution is -0.220. The summed E-state index contributed by atoms with van der Waals surface area (Å²) in [5, 5.41) is 50.0. The first-order chi connectivity index (χ1) is 28.4. The Hall–Kier alpha value is -3.23. The van der Waals surface area contributed by atoms with Gasteiger partial charge in [-0.2, -0.15) is 0 Å². The number of unbranched alkanes of at least 4 members (excludes halogenated alkanes) is 4. The molecular formula is C45H71O13P. The lowest BCUT2D eigenvalue weighted by Gasteiger charge is -2.41. The van der Waals surface area contributed by atoms with E-state index in [4.69, 9.17) is 18.5 Å². The Bertz CT molecular complexity index is 1400. The number of carbonyl (C=O) groups is 2. The van der Waals surface area contributed by atoms with Crippen molar-refractivity contribution in [3.63, 3.8) is 0 Å². The minimum Gasteiger partial charge on any atom is -0.462 e. The predicted molar refractivity (Wildman–Crippen MR) is 230 cm³/mol. The Morgan fingerprint density at radius 2 is 0.898 bits per heavy atom. The standard InChI is InChI=1S/C45H71O13P/c1-3-5-7-9-11-13-15-17-19-21-23-25-27-29-31-33-38(46)55-35-37(36-56-59(53,54)58-45-43(51)41(49)40(48)42(50)44(45)52)57-39(47)34-32-30-28-26-24-22-20-18-16-14-12-10-8-6-4-2/h5-8,11-14,17-20,23-26,37,40-45,48-52H,3-4,9-10,15-16,21-22,27-36H2,1-2H3,(H,53,54)/b7-5+,8-6+,13-11+,14-12+,19-17+,20-18+,25-23+,26-24+/t37-,40?,41-,42?,43?,44?,45?/m1/s1. The van der Waals surface area contributed by atoms with Crippen LogP contribution in [-0.2, 0) is 32.7 Å². The molecule has 6 N–H and O–H groups in total. The van der Waals surface area contributed by atoms with Gasteiger partial charge in [-0.3, -0.25) is 18.6 Å². The van der Waals surface area contributed by atoms with Gasteiger partial charge in [0.25, 0.3) is 0 Å². The molecule has 1 saturated carbocycles. The summed E-state index contributed by atoms with van der Waals surface area (Å²) in [7, 11) is -5.14. The number of hydrogen-bond donors (Lipinski definition) is 6. The first-order valence-corrected chi connectivity index (χ1v) is 22.5. The van der Waals surface area contributed by atoms with E-state index >= 15 is 0 Å². The molecule has 0 aromatic carbocycles. The van der Waals surface area contributed by atoms with Gasteiger partial charge in [-0.25, -0.2) is 4.57 Å². The van der Waals surface area contributed by atoms with E-state index < -0.39 is 75.7 Å². The molecule has 1 fully saturated rings. The number of phosphoric acid groups is 1. The maximum absolute atomic E-state index is 12.8. The number of esters is 2. The molecule has 0 aromatic rings. The number of carbonyl (C=O) groups excluding carboxylic acids is 2. The summed E-state index contributed by atoms with van der Waals surface area (Å²) in [6, 6.07) is 0. The van der Waals surface area contributed by atoms with Crippen molar-refractivity contribution in [2.75, 3.05) is 13.2 Å². The van der Waals surface area contributed by atoms with Crippen LogP contribution in [0, 0.1) is 0 Å². The lowest BCUT2D eigenvalue weighted by Crippen LogP contribution is -2.64. The molecule has 14 heteroatoms. The molecule has 0 heterocycles. The molecule has 0 radical (unpaired) electrons. The monoisotopic (exact) mass is 850 g/mol. The Kier molecular flexibility index (Phi) is 31.4. The highest BCUT2D eigenvalue weighted by molar-refractivity contribution is 7.47. The Morgan fingerprint density at radius 1 is 0.525 bits per heavy atom. The first-order valence-electron chi connectivity index (χ1n) is 21.0. The van der Waals surface area contributed by atoms with E-state index in [1.807, 2.05) is 6.08 Å².